The summed E-state index contributed by atoms with van der Waals surface area (Å²) in [6.45, 7) is 2.33. The highest BCUT2D eigenvalue weighted by Crippen LogP contribution is 2.20. The predicted molar refractivity (Wildman–Crippen MR) is 86.2 cm³/mol. The molecule has 0 aliphatic rings. The van der Waals surface area contributed by atoms with Crippen molar-refractivity contribution in [1.29, 1.82) is 0 Å². The van der Waals surface area contributed by atoms with E-state index >= 15 is 0 Å². The molecular formula is C17H17N3O. The molecule has 0 atom stereocenters. The number of aryl methyl sites for hydroxylation is 1. The summed E-state index contributed by atoms with van der Waals surface area (Å²) in [5.74, 6) is -0.0908. The van der Waals surface area contributed by atoms with Gasteiger partial charge in [-0.15, -0.1) is 0 Å². The minimum atomic E-state index is -0.0908. The standard InChI is InChI=1S/C17H17N3O/c1-12-5-4-8-16-13(12)9-10-20(16)11-17(21)19-15-7-3-2-6-14(15)18/h2-10H,11,18H2,1H3,(H,19,21). The molecule has 0 fully saturated rings. The van der Waals surface area contributed by atoms with Gasteiger partial charge in [-0.25, -0.2) is 0 Å². The van der Waals surface area contributed by atoms with Crippen molar-refractivity contribution in [2.24, 2.45) is 0 Å². The van der Waals surface area contributed by atoms with E-state index in [-0.39, 0.29) is 12.5 Å². The van der Waals surface area contributed by atoms with E-state index in [4.69, 9.17) is 5.73 Å². The maximum atomic E-state index is 12.2. The number of anilines is 2. The van der Waals surface area contributed by atoms with E-state index in [0.29, 0.717) is 11.4 Å². The van der Waals surface area contributed by atoms with Gasteiger partial charge in [0.25, 0.3) is 0 Å². The Kier molecular flexibility index (Phi) is 3.36. The molecule has 1 amide bonds. The maximum Gasteiger partial charge on any atom is 0.244 e. The number of nitrogens with zero attached hydrogens (tertiary/aromatic N) is 1. The van der Waals surface area contributed by atoms with Gasteiger partial charge < -0.3 is 15.6 Å². The van der Waals surface area contributed by atoms with Crippen LogP contribution in [0.1, 0.15) is 5.56 Å². The van der Waals surface area contributed by atoms with Crippen LogP contribution in [0.3, 0.4) is 0 Å². The van der Waals surface area contributed by atoms with Gasteiger partial charge in [-0.3, -0.25) is 4.79 Å². The van der Waals surface area contributed by atoms with Crippen molar-refractivity contribution in [2.75, 3.05) is 11.1 Å². The number of aromatic nitrogens is 1. The van der Waals surface area contributed by atoms with Gasteiger partial charge in [-0.1, -0.05) is 24.3 Å². The minimum Gasteiger partial charge on any atom is -0.397 e. The fourth-order valence-corrected chi connectivity index (χ4v) is 2.47. The Morgan fingerprint density at radius 1 is 1.14 bits per heavy atom. The average Bonchev–Trinajstić information content (AvgIpc) is 2.86. The molecule has 0 bridgehead atoms. The van der Waals surface area contributed by atoms with Crippen LogP contribution in [0.4, 0.5) is 11.4 Å². The molecule has 0 spiro atoms. The number of nitrogen functional groups attached to an aromatic ring is 1. The summed E-state index contributed by atoms with van der Waals surface area (Å²) in [6, 6.07) is 15.4. The number of carbonyl (C=O) groups is 1. The second-order valence-corrected chi connectivity index (χ2v) is 5.09. The summed E-state index contributed by atoms with van der Waals surface area (Å²) in [7, 11) is 0. The Bertz CT molecular complexity index is 805. The van der Waals surface area contributed by atoms with Crippen molar-refractivity contribution in [2.45, 2.75) is 13.5 Å². The molecule has 1 aromatic heterocycles. The molecule has 0 radical (unpaired) electrons. The largest absolute Gasteiger partial charge is 0.397 e. The molecule has 0 aliphatic carbocycles. The molecular weight excluding hydrogens is 262 g/mol. The van der Waals surface area contributed by atoms with Crippen molar-refractivity contribution in [3.63, 3.8) is 0 Å². The highest BCUT2D eigenvalue weighted by molar-refractivity contribution is 5.94. The number of para-hydroxylation sites is 2. The maximum absolute atomic E-state index is 12.2. The zero-order valence-electron chi connectivity index (χ0n) is 11.8. The first-order chi connectivity index (χ1) is 10.1. The van der Waals surface area contributed by atoms with Crippen molar-refractivity contribution in [1.82, 2.24) is 4.57 Å². The number of carbonyl (C=O) groups excluding carboxylic acids is 1. The monoisotopic (exact) mass is 279 g/mol. The van der Waals surface area contributed by atoms with E-state index < -0.39 is 0 Å². The lowest BCUT2D eigenvalue weighted by molar-refractivity contribution is -0.116. The van der Waals surface area contributed by atoms with E-state index in [1.807, 2.05) is 41.1 Å². The van der Waals surface area contributed by atoms with Gasteiger partial charge in [0.15, 0.2) is 0 Å². The lowest BCUT2D eigenvalue weighted by atomic mass is 10.1. The van der Waals surface area contributed by atoms with Crippen LogP contribution in [0.25, 0.3) is 10.9 Å². The first-order valence-electron chi connectivity index (χ1n) is 6.84. The summed E-state index contributed by atoms with van der Waals surface area (Å²) < 4.78 is 1.94. The van der Waals surface area contributed by atoms with Crippen molar-refractivity contribution in [3.8, 4) is 0 Å². The third kappa shape index (κ3) is 2.60. The Hall–Kier alpha value is -2.75. The Morgan fingerprint density at radius 2 is 1.95 bits per heavy atom. The fraction of sp³-hybridized carbons (Fsp3) is 0.118. The van der Waals surface area contributed by atoms with Crippen molar-refractivity contribution in [3.05, 3.63) is 60.3 Å². The predicted octanol–water partition coefficient (Wildman–Crippen LogP) is 3.17. The van der Waals surface area contributed by atoms with Crippen LogP contribution in [0, 0.1) is 6.92 Å². The van der Waals surface area contributed by atoms with Gasteiger partial charge in [0.1, 0.15) is 6.54 Å². The molecule has 0 aliphatic heterocycles. The van der Waals surface area contributed by atoms with E-state index in [2.05, 4.69) is 18.3 Å². The molecule has 4 nitrogen and oxygen atoms in total. The van der Waals surface area contributed by atoms with Crippen LogP contribution in [-0.2, 0) is 11.3 Å². The van der Waals surface area contributed by atoms with E-state index in [0.717, 1.165) is 5.52 Å². The molecule has 21 heavy (non-hydrogen) atoms. The molecule has 106 valence electrons. The molecule has 4 heteroatoms. The van der Waals surface area contributed by atoms with Crippen LogP contribution in [-0.4, -0.2) is 10.5 Å². The number of hydrogen-bond acceptors (Lipinski definition) is 2. The highest BCUT2D eigenvalue weighted by atomic mass is 16.1. The zero-order valence-corrected chi connectivity index (χ0v) is 11.8. The minimum absolute atomic E-state index is 0.0908. The first kappa shape index (κ1) is 13.2. The number of nitrogens with two attached hydrogens (primary N) is 1. The SMILES string of the molecule is Cc1cccc2c1ccn2CC(=O)Nc1ccccc1N. The summed E-state index contributed by atoms with van der Waals surface area (Å²) in [5, 5.41) is 4.01. The molecule has 0 unspecified atom stereocenters. The summed E-state index contributed by atoms with van der Waals surface area (Å²) >= 11 is 0. The van der Waals surface area contributed by atoms with E-state index in [9.17, 15) is 4.79 Å². The molecule has 3 rings (SSSR count). The van der Waals surface area contributed by atoms with Gasteiger partial charge in [0, 0.05) is 17.1 Å². The van der Waals surface area contributed by atoms with Gasteiger partial charge in [0.05, 0.1) is 11.4 Å². The quantitative estimate of drug-likeness (QED) is 0.723. The summed E-state index contributed by atoms with van der Waals surface area (Å²) in [4.78, 5) is 12.2. The lowest BCUT2D eigenvalue weighted by Crippen LogP contribution is -2.18. The molecule has 1 heterocycles. The van der Waals surface area contributed by atoms with Crippen LogP contribution in [0.5, 0.6) is 0 Å². The Balaban J connectivity index is 1.81. The highest BCUT2D eigenvalue weighted by Gasteiger charge is 2.08. The number of amides is 1. The molecule has 2 aromatic carbocycles. The van der Waals surface area contributed by atoms with Crippen molar-refractivity contribution < 1.29 is 4.79 Å². The van der Waals surface area contributed by atoms with Gasteiger partial charge in [0.2, 0.25) is 5.91 Å². The van der Waals surface area contributed by atoms with Crippen LogP contribution < -0.4 is 11.1 Å². The number of rotatable bonds is 3. The smallest absolute Gasteiger partial charge is 0.244 e. The Morgan fingerprint density at radius 3 is 2.76 bits per heavy atom. The normalized spacial score (nSPS) is 10.7. The molecule has 0 saturated heterocycles. The van der Waals surface area contributed by atoms with Gasteiger partial charge in [-0.2, -0.15) is 0 Å². The number of hydrogen-bond donors (Lipinski definition) is 2. The third-order valence-electron chi connectivity index (χ3n) is 3.58. The fourth-order valence-electron chi connectivity index (χ4n) is 2.47. The third-order valence-corrected chi connectivity index (χ3v) is 3.58. The Labute approximate surface area is 123 Å². The second kappa shape index (κ2) is 5.32. The molecule has 0 saturated carbocycles. The van der Waals surface area contributed by atoms with E-state index in [1.165, 1.54) is 10.9 Å². The topological polar surface area (TPSA) is 60.0 Å². The lowest BCUT2D eigenvalue weighted by Gasteiger charge is -2.09. The van der Waals surface area contributed by atoms with Crippen molar-refractivity contribution >= 4 is 28.2 Å². The summed E-state index contributed by atoms with van der Waals surface area (Å²) in [5.41, 5.74) is 9.32. The van der Waals surface area contributed by atoms with Gasteiger partial charge >= 0.3 is 0 Å². The number of fused-ring (bicyclic) bond motifs is 1. The first-order valence-corrected chi connectivity index (χ1v) is 6.84. The summed E-state index contributed by atoms with van der Waals surface area (Å²) in [6.07, 6.45) is 1.94. The molecule has 3 aromatic rings. The zero-order chi connectivity index (χ0) is 14.8. The number of benzene rings is 2. The molecule has 3 N–H and O–H groups in total. The average molecular weight is 279 g/mol. The van der Waals surface area contributed by atoms with E-state index in [1.54, 1.807) is 12.1 Å². The van der Waals surface area contributed by atoms with Crippen LogP contribution >= 0.6 is 0 Å². The van der Waals surface area contributed by atoms with Gasteiger partial charge in [-0.05, 0) is 36.8 Å². The second-order valence-electron chi connectivity index (χ2n) is 5.09. The number of nitrogens with one attached hydrogen (secondary N) is 1. The van der Waals surface area contributed by atoms with Crippen LogP contribution in [0.15, 0.2) is 54.7 Å². The van der Waals surface area contributed by atoms with Crippen LogP contribution in [0.2, 0.25) is 0 Å².